The number of carbonyl (C=O) groups is 1. The molecule has 0 aliphatic rings. The van der Waals surface area contributed by atoms with Gasteiger partial charge in [0.25, 0.3) is 0 Å². The number of fused-ring (bicyclic) bond motifs is 1. The van der Waals surface area contributed by atoms with Crippen molar-refractivity contribution in [2.24, 2.45) is 5.73 Å². The van der Waals surface area contributed by atoms with Gasteiger partial charge in [-0.05, 0) is 11.6 Å². The van der Waals surface area contributed by atoms with Crippen LogP contribution in [0.1, 0.15) is 6.99 Å². The first kappa shape index (κ1) is 13.9. The number of aliphatic carboxylic acids is 1. The monoisotopic (exact) mass is 244 g/mol. The zero-order valence-corrected chi connectivity index (χ0v) is 12.2. The van der Waals surface area contributed by atoms with Gasteiger partial charge in [-0.3, -0.25) is 4.79 Å². The molecular formula is C11H13KN2O2. The fourth-order valence-corrected chi connectivity index (χ4v) is 1.62. The first-order valence-electron chi connectivity index (χ1n) is 4.72. The zero-order chi connectivity index (χ0) is 10.8. The van der Waals surface area contributed by atoms with Gasteiger partial charge in [-0.2, -0.15) is 0 Å². The van der Waals surface area contributed by atoms with E-state index in [9.17, 15) is 4.79 Å². The third-order valence-corrected chi connectivity index (χ3v) is 2.43. The Morgan fingerprint density at radius 1 is 1.50 bits per heavy atom. The van der Waals surface area contributed by atoms with E-state index in [0.29, 0.717) is 6.42 Å². The Morgan fingerprint density at radius 3 is 2.88 bits per heavy atom. The quantitative estimate of drug-likeness (QED) is 0.560. The molecule has 0 fully saturated rings. The van der Waals surface area contributed by atoms with Gasteiger partial charge in [0, 0.05) is 23.5 Å². The molecule has 0 spiro atoms. The summed E-state index contributed by atoms with van der Waals surface area (Å²) in [5.74, 6) is -0.972. The topological polar surface area (TPSA) is 79.1 Å². The van der Waals surface area contributed by atoms with Gasteiger partial charge in [-0.1, -0.05) is 18.2 Å². The fourth-order valence-electron chi connectivity index (χ4n) is 1.62. The molecule has 4 N–H and O–H groups in total. The molecule has 1 atom stereocenters. The predicted molar refractivity (Wildman–Crippen MR) is 58.7 cm³/mol. The number of rotatable bonds is 3. The Balaban J connectivity index is 0.00000128. The maximum absolute atomic E-state index is 10.6. The third kappa shape index (κ3) is 2.94. The summed E-state index contributed by atoms with van der Waals surface area (Å²) in [5.41, 5.74) is 7.43. The van der Waals surface area contributed by atoms with Crippen molar-refractivity contribution in [1.29, 1.82) is 0 Å². The number of benzene rings is 1. The SMILES string of the molecule is NC(Cc1c[nH]c2ccccc12)C(=O)O.[H-].[K+]. The number of carboxylic acids is 1. The van der Waals surface area contributed by atoms with Crippen molar-refractivity contribution in [3.63, 3.8) is 0 Å². The van der Waals surface area contributed by atoms with E-state index in [1.165, 1.54) is 0 Å². The second kappa shape index (κ2) is 5.95. The molecule has 5 heteroatoms. The van der Waals surface area contributed by atoms with Gasteiger partial charge in [0.2, 0.25) is 0 Å². The molecule has 0 aliphatic heterocycles. The minimum atomic E-state index is -0.972. The van der Waals surface area contributed by atoms with Crippen LogP contribution < -0.4 is 57.1 Å². The number of aromatic amines is 1. The molecule has 1 aromatic carbocycles. The maximum atomic E-state index is 10.6. The van der Waals surface area contributed by atoms with Crippen LogP contribution in [0, 0.1) is 0 Å². The first-order valence-corrected chi connectivity index (χ1v) is 4.72. The van der Waals surface area contributed by atoms with Crippen molar-refractivity contribution in [3.8, 4) is 0 Å². The minimum Gasteiger partial charge on any atom is -1.00 e. The molecule has 0 bridgehead atoms. The second-order valence-electron chi connectivity index (χ2n) is 3.51. The van der Waals surface area contributed by atoms with Crippen LogP contribution in [0.15, 0.2) is 30.5 Å². The molecule has 1 unspecified atom stereocenters. The summed E-state index contributed by atoms with van der Waals surface area (Å²) in [6.45, 7) is 0. The number of nitrogens with one attached hydrogen (secondary N) is 1. The number of carboxylic acid groups (broad SMARTS) is 1. The van der Waals surface area contributed by atoms with E-state index in [0.717, 1.165) is 16.5 Å². The second-order valence-corrected chi connectivity index (χ2v) is 3.51. The third-order valence-electron chi connectivity index (χ3n) is 2.43. The van der Waals surface area contributed by atoms with Crippen LogP contribution in [0.4, 0.5) is 0 Å². The van der Waals surface area contributed by atoms with Crippen LogP contribution in [0.25, 0.3) is 10.9 Å². The van der Waals surface area contributed by atoms with Crippen molar-refractivity contribution in [2.75, 3.05) is 0 Å². The zero-order valence-electron chi connectivity index (χ0n) is 10.1. The van der Waals surface area contributed by atoms with Crippen LogP contribution in [0.2, 0.25) is 0 Å². The molecule has 4 nitrogen and oxygen atoms in total. The van der Waals surface area contributed by atoms with E-state index in [-0.39, 0.29) is 52.8 Å². The molecular weight excluding hydrogens is 231 g/mol. The van der Waals surface area contributed by atoms with Crippen molar-refractivity contribution in [2.45, 2.75) is 12.5 Å². The number of aromatic nitrogens is 1. The van der Waals surface area contributed by atoms with Gasteiger partial charge >= 0.3 is 57.4 Å². The van der Waals surface area contributed by atoms with E-state index in [2.05, 4.69) is 4.98 Å². The molecule has 1 heterocycles. The van der Waals surface area contributed by atoms with Crippen molar-refractivity contribution >= 4 is 16.9 Å². The molecule has 0 aliphatic carbocycles. The summed E-state index contributed by atoms with van der Waals surface area (Å²) in [6.07, 6.45) is 2.16. The maximum Gasteiger partial charge on any atom is 1.00 e. The summed E-state index contributed by atoms with van der Waals surface area (Å²) in [6, 6.07) is 6.91. The standard InChI is InChI=1S/C11H12N2O2.K.H/c12-9(11(14)15)5-7-6-13-10-4-2-1-3-8(7)10;;/h1-4,6,9,13H,5,12H2,(H,14,15);;/q;+1;-1. The first-order chi connectivity index (χ1) is 7.18. The molecule has 0 radical (unpaired) electrons. The van der Waals surface area contributed by atoms with Crippen molar-refractivity contribution < 1.29 is 62.7 Å². The molecule has 0 amide bonds. The van der Waals surface area contributed by atoms with E-state index in [1.54, 1.807) is 0 Å². The molecule has 80 valence electrons. The average Bonchev–Trinajstić information content (AvgIpc) is 2.62. The van der Waals surface area contributed by atoms with Crippen molar-refractivity contribution in [3.05, 3.63) is 36.0 Å². The number of para-hydroxylation sites is 1. The van der Waals surface area contributed by atoms with Gasteiger partial charge in [0.05, 0.1) is 0 Å². The number of hydrogen-bond acceptors (Lipinski definition) is 2. The van der Waals surface area contributed by atoms with Gasteiger partial charge < -0.3 is 17.3 Å². The molecule has 2 aromatic rings. The molecule has 16 heavy (non-hydrogen) atoms. The smallest absolute Gasteiger partial charge is 1.00 e. The predicted octanol–water partition coefficient (Wildman–Crippen LogP) is -1.76. The van der Waals surface area contributed by atoms with Crippen LogP contribution in [-0.4, -0.2) is 22.1 Å². The van der Waals surface area contributed by atoms with Gasteiger partial charge in [0.1, 0.15) is 6.04 Å². The molecule has 2 rings (SSSR count). The van der Waals surface area contributed by atoms with Crippen molar-refractivity contribution in [1.82, 2.24) is 4.98 Å². The van der Waals surface area contributed by atoms with Gasteiger partial charge in [-0.25, -0.2) is 0 Å². The van der Waals surface area contributed by atoms with Gasteiger partial charge in [0.15, 0.2) is 0 Å². The molecule has 0 saturated carbocycles. The Labute approximate surface area is 137 Å². The van der Waals surface area contributed by atoms with Crippen LogP contribution in [0.3, 0.4) is 0 Å². The molecule has 0 saturated heterocycles. The summed E-state index contributed by atoms with van der Waals surface area (Å²) in [4.78, 5) is 13.7. The van der Waals surface area contributed by atoms with E-state index in [4.69, 9.17) is 10.8 Å². The van der Waals surface area contributed by atoms with E-state index >= 15 is 0 Å². The van der Waals surface area contributed by atoms with Crippen LogP contribution >= 0.6 is 0 Å². The Hall–Kier alpha value is -0.174. The minimum absolute atomic E-state index is 0. The Morgan fingerprint density at radius 2 is 2.19 bits per heavy atom. The number of hydrogen-bond donors (Lipinski definition) is 3. The normalized spacial score (nSPS) is 12.1. The largest absolute Gasteiger partial charge is 1.00 e. The summed E-state index contributed by atoms with van der Waals surface area (Å²) in [5, 5.41) is 9.75. The fraction of sp³-hybridized carbons (Fsp3) is 0.182. The number of nitrogens with two attached hydrogens (primary N) is 1. The average molecular weight is 244 g/mol. The summed E-state index contributed by atoms with van der Waals surface area (Å²) < 4.78 is 0. The summed E-state index contributed by atoms with van der Waals surface area (Å²) >= 11 is 0. The van der Waals surface area contributed by atoms with Crippen LogP contribution in [-0.2, 0) is 11.2 Å². The number of H-pyrrole nitrogens is 1. The van der Waals surface area contributed by atoms with E-state index < -0.39 is 12.0 Å². The van der Waals surface area contributed by atoms with E-state index in [1.807, 2.05) is 30.5 Å². The summed E-state index contributed by atoms with van der Waals surface area (Å²) in [7, 11) is 0. The Kier molecular flexibility index (Phi) is 5.16. The molecule has 1 aromatic heterocycles. The van der Waals surface area contributed by atoms with Gasteiger partial charge in [-0.15, -0.1) is 0 Å². The van der Waals surface area contributed by atoms with Crippen LogP contribution in [0.5, 0.6) is 0 Å². The Bertz CT molecular complexity index is 501.